The molecule has 0 atom stereocenters. The van der Waals surface area contributed by atoms with E-state index in [4.69, 9.17) is 10.00 Å². The highest BCUT2D eigenvalue weighted by atomic mass is 16.5. The molecule has 0 heterocycles. The van der Waals surface area contributed by atoms with Gasteiger partial charge in [-0.15, -0.1) is 0 Å². The van der Waals surface area contributed by atoms with Gasteiger partial charge in [-0.05, 0) is 12.1 Å². The van der Waals surface area contributed by atoms with E-state index in [1.807, 2.05) is 6.07 Å². The number of rotatable bonds is 2. The van der Waals surface area contributed by atoms with Gasteiger partial charge in [0.2, 0.25) is 0 Å². The van der Waals surface area contributed by atoms with E-state index < -0.39 is 0 Å². The molecular formula is C12H9NO3. The number of hydrogen-bond acceptors (Lipinski definition) is 4. The third-order valence-electron chi connectivity index (χ3n) is 1.90. The van der Waals surface area contributed by atoms with Crippen LogP contribution in [0.4, 0.5) is 0 Å². The van der Waals surface area contributed by atoms with Gasteiger partial charge in [-0.3, -0.25) is 4.79 Å². The number of nitrogens with zero attached hydrogens (tertiary/aromatic N) is 1. The highest BCUT2D eigenvalue weighted by Crippen LogP contribution is 2.30. The maximum Gasteiger partial charge on any atom is 0.174 e. The van der Waals surface area contributed by atoms with Gasteiger partial charge in [-0.1, -0.05) is 11.8 Å². The molecule has 0 bridgehead atoms. The first-order valence-corrected chi connectivity index (χ1v) is 4.45. The molecule has 4 heteroatoms. The minimum Gasteiger partial charge on any atom is -0.503 e. The Morgan fingerprint density at radius 2 is 2.31 bits per heavy atom. The fourth-order valence-corrected chi connectivity index (χ4v) is 1.15. The minimum absolute atomic E-state index is 0.0367. The van der Waals surface area contributed by atoms with Crippen molar-refractivity contribution in [2.45, 2.75) is 6.42 Å². The van der Waals surface area contributed by atoms with Crippen molar-refractivity contribution in [3.8, 4) is 29.4 Å². The van der Waals surface area contributed by atoms with Crippen LogP contribution in [0.2, 0.25) is 0 Å². The standard InChI is InChI=1S/C12H9NO3/c1-16-11-6-5-9(8-14)10(12(11)15)4-2-3-7-13/h5-6,8,15H,3H2,1H3. The van der Waals surface area contributed by atoms with Gasteiger partial charge in [0, 0.05) is 5.56 Å². The number of benzene rings is 1. The third-order valence-corrected chi connectivity index (χ3v) is 1.90. The van der Waals surface area contributed by atoms with Crippen molar-refractivity contribution in [3.05, 3.63) is 23.3 Å². The molecule has 0 aromatic heterocycles. The van der Waals surface area contributed by atoms with Gasteiger partial charge >= 0.3 is 0 Å². The normalized spacial score (nSPS) is 8.50. The third kappa shape index (κ3) is 2.31. The zero-order valence-corrected chi connectivity index (χ0v) is 8.65. The Kier molecular flexibility index (Phi) is 3.94. The van der Waals surface area contributed by atoms with E-state index >= 15 is 0 Å². The molecule has 1 aromatic rings. The predicted octanol–water partition coefficient (Wildman–Crippen LogP) is 1.48. The SMILES string of the molecule is COc1ccc(C=O)c(C#CCC#N)c1O. The van der Waals surface area contributed by atoms with Crippen molar-refractivity contribution in [1.82, 2.24) is 0 Å². The number of methoxy groups -OCH3 is 1. The Bertz CT molecular complexity index is 503. The Labute approximate surface area is 93.1 Å². The summed E-state index contributed by atoms with van der Waals surface area (Å²) in [6, 6.07) is 4.83. The molecule has 16 heavy (non-hydrogen) atoms. The maximum absolute atomic E-state index is 10.7. The van der Waals surface area contributed by atoms with Crippen molar-refractivity contribution >= 4 is 6.29 Å². The summed E-state index contributed by atoms with van der Waals surface area (Å²) in [5.74, 6) is 5.17. The summed E-state index contributed by atoms with van der Waals surface area (Å²) in [6.45, 7) is 0. The first kappa shape index (κ1) is 11.6. The van der Waals surface area contributed by atoms with Gasteiger partial charge in [0.05, 0.1) is 25.2 Å². The lowest BCUT2D eigenvalue weighted by molar-refractivity contribution is 0.112. The van der Waals surface area contributed by atoms with Gasteiger partial charge in [-0.25, -0.2) is 0 Å². The smallest absolute Gasteiger partial charge is 0.174 e. The predicted molar refractivity (Wildman–Crippen MR) is 57.2 cm³/mol. The second kappa shape index (κ2) is 5.43. The zero-order chi connectivity index (χ0) is 12.0. The number of ether oxygens (including phenoxy) is 1. The minimum atomic E-state index is -0.183. The van der Waals surface area contributed by atoms with Crippen LogP contribution in [0, 0.1) is 23.2 Å². The lowest BCUT2D eigenvalue weighted by Crippen LogP contribution is -1.92. The van der Waals surface area contributed by atoms with Crippen LogP contribution in [0.25, 0.3) is 0 Å². The van der Waals surface area contributed by atoms with E-state index in [0.717, 1.165) is 0 Å². The molecule has 0 spiro atoms. The van der Waals surface area contributed by atoms with Crippen molar-refractivity contribution in [2.24, 2.45) is 0 Å². The highest BCUT2D eigenvalue weighted by Gasteiger charge is 2.10. The molecular weight excluding hydrogens is 206 g/mol. The van der Waals surface area contributed by atoms with Crippen LogP contribution in [0.15, 0.2) is 12.1 Å². The van der Waals surface area contributed by atoms with Crippen LogP contribution in [0.3, 0.4) is 0 Å². The van der Waals surface area contributed by atoms with Gasteiger partial charge in [0.25, 0.3) is 0 Å². The van der Waals surface area contributed by atoms with Crippen LogP contribution in [0.1, 0.15) is 22.3 Å². The van der Waals surface area contributed by atoms with Crippen LogP contribution in [-0.2, 0) is 0 Å². The first-order valence-electron chi connectivity index (χ1n) is 4.45. The molecule has 0 aliphatic rings. The molecule has 1 aromatic carbocycles. The average molecular weight is 215 g/mol. The van der Waals surface area contributed by atoms with Gasteiger partial charge < -0.3 is 9.84 Å². The summed E-state index contributed by atoms with van der Waals surface area (Å²) in [5, 5.41) is 18.1. The molecule has 0 radical (unpaired) electrons. The number of aldehydes is 1. The summed E-state index contributed by atoms with van der Waals surface area (Å²) < 4.78 is 4.89. The molecule has 0 saturated heterocycles. The first-order chi connectivity index (χ1) is 7.74. The number of phenolic OH excluding ortho intramolecular Hbond substituents is 1. The molecule has 4 nitrogen and oxygen atoms in total. The van der Waals surface area contributed by atoms with E-state index in [0.29, 0.717) is 6.29 Å². The number of hydrogen-bond donors (Lipinski definition) is 1. The van der Waals surface area contributed by atoms with Crippen molar-refractivity contribution < 1.29 is 14.6 Å². The fourth-order valence-electron chi connectivity index (χ4n) is 1.15. The zero-order valence-electron chi connectivity index (χ0n) is 8.65. The second-order valence-corrected chi connectivity index (χ2v) is 2.84. The molecule has 0 amide bonds. The second-order valence-electron chi connectivity index (χ2n) is 2.84. The number of nitriles is 1. The molecule has 1 N–H and O–H groups in total. The molecule has 0 fully saturated rings. The number of carbonyl (C=O) groups excluding carboxylic acids is 1. The molecule has 0 saturated carbocycles. The summed E-state index contributed by atoms with van der Waals surface area (Å²) in [7, 11) is 1.40. The number of carbonyl (C=O) groups is 1. The number of phenols is 1. The Morgan fingerprint density at radius 1 is 1.56 bits per heavy atom. The summed E-state index contributed by atoms with van der Waals surface area (Å²) >= 11 is 0. The molecule has 80 valence electrons. The largest absolute Gasteiger partial charge is 0.503 e. The Morgan fingerprint density at radius 3 is 2.88 bits per heavy atom. The summed E-state index contributed by atoms with van der Waals surface area (Å²) in [5.41, 5.74) is 0.452. The van der Waals surface area contributed by atoms with Crippen molar-refractivity contribution in [2.75, 3.05) is 7.11 Å². The topological polar surface area (TPSA) is 70.3 Å². The van der Waals surface area contributed by atoms with E-state index in [1.165, 1.54) is 19.2 Å². The van der Waals surface area contributed by atoms with E-state index in [9.17, 15) is 9.90 Å². The highest BCUT2D eigenvalue weighted by molar-refractivity contribution is 5.82. The monoisotopic (exact) mass is 215 g/mol. The van der Waals surface area contributed by atoms with Crippen LogP contribution in [0.5, 0.6) is 11.5 Å². The van der Waals surface area contributed by atoms with Crippen molar-refractivity contribution in [3.63, 3.8) is 0 Å². The van der Waals surface area contributed by atoms with Crippen LogP contribution < -0.4 is 4.74 Å². The number of aromatic hydroxyl groups is 1. The van der Waals surface area contributed by atoms with E-state index in [1.54, 1.807) is 0 Å². The van der Waals surface area contributed by atoms with Crippen LogP contribution in [-0.4, -0.2) is 18.5 Å². The fraction of sp³-hybridized carbons (Fsp3) is 0.167. The average Bonchev–Trinajstić information content (AvgIpc) is 2.31. The molecule has 0 aliphatic heterocycles. The van der Waals surface area contributed by atoms with E-state index in [2.05, 4.69) is 11.8 Å². The summed E-state index contributed by atoms with van der Waals surface area (Å²) in [4.78, 5) is 10.7. The molecule has 0 unspecified atom stereocenters. The van der Waals surface area contributed by atoms with Gasteiger partial charge in [-0.2, -0.15) is 5.26 Å². The maximum atomic E-state index is 10.7. The van der Waals surface area contributed by atoms with Gasteiger partial charge in [0.15, 0.2) is 17.8 Å². The lowest BCUT2D eigenvalue weighted by atomic mass is 10.1. The van der Waals surface area contributed by atoms with E-state index in [-0.39, 0.29) is 29.0 Å². The lowest BCUT2D eigenvalue weighted by Gasteiger charge is -2.06. The van der Waals surface area contributed by atoms with Crippen LogP contribution >= 0.6 is 0 Å². The molecule has 1 rings (SSSR count). The molecule has 0 aliphatic carbocycles. The quantitative estimate of drug-likeness (QED) is 0.599. The Hall–Kier alpha value is -2.46. The Balaban J connectivity index is 3.29. The summed E-state index contributed by atoms with van der Waals surface area (Å²) in [6.07, 6.45) is 0.629. The van der Waals surface area contributed by atoms with Crippen molar-refractivity contribution in [1.29, 1.82) is 5.26 Å². The van der Waals surface area contributed by atoms with Gasteiger partial charge in [0.1, 0.15) is 0 Å².